The fourth-order valence-corrected chi connectivity index (χ4v) is 3.61. The van der Waals surface area contributed by atoms with Crippen molar-refractivity contribution in [1.82, 2.24) is 9.78 Å². The number of halogens is 1. The van der Waals surface area contributed by atoms with E-state index in [0.29, 0.717) is 23.7 Å². The Morgan fingerprint density at radius 1 is 1.06 bits per heavy atom. The number of hydrogen-bond acceptors (Lipinski definition) is 4. The Bertz CT molecular complexity index is 1130. The van der Waals surface area contributed by atoms with Gasteiger partial charge in [0, 0.05) is 23.4 Å². The molecule has 0 aliphatic carbocycles. The Labute approximate surface area is 187 Å². The standard InChI is InChI=1S/C22H20BrN5O3/c23-16-7-5-15(6-8-16)13-28-19(11-12-24-28)26-20(29)9-10-22(31)27-14-21(30)25-17-3-1-2-4-18(17)27/h1-8,11-12H,9-10,13-14H2,(H,25,30)(H,26,29). The molecule has 3 aromatic rings. The lowest BCUT2D eigenvalue weighted by molar-refractivity contribution is -0.124. The highest BCUT2D eigenvalue weighted by atomic mass is 79.9. The van der Waals surface area contributed by atoms with Crippen molar-refractivity contribution in [2.45, 2.75) is 19.4 Å². The van der Waals surface area contributed by atoms with Crippen molar-refractivity contribution in [3.05, 3.63) is 70.8 Å². The fraction of sp³-hybridized carbons (Fsp3) is 0.182. The summed E-state index contributed by atoms with van der Waals surface area (Å²) in [6.07, 6.45) is 1.61. The maximum Gasteiger partial charge on any atom is 0.244 e. The normalized spacial score (nSPS) is 12.8. The molecule has 0 unspecified atom stereocenters. The summed E-state index contributed by atoms with van der Waals surface area (Å²) >= 11 is 3.41. The average Bonchev–Trinajstić information content (AvgIpc) is 3.19. The summed E-state index contributed by atoms with van der Waals surface area (Å²) in [5.41, 5.74) is 2.27. The molecular formula is C22H20BrN5O3. The zero-order chi connectivity index (χ0) is 21.8. The molecule has 1 aliphatic heterocycles. The number of nitrogens with one attached hydrogen (secondary N) is 2. The van der Waals surface area contributed by atoms with Gasteiger partial charge < -0.3 is 15.5 Å². The van der Waals surface area contributed by atoms with Crippen LogP contribution < -0.4 is 15.5 Å². The molecule has 2 N–H and O–H groups in total. The second-order valence-corrected chi connectivity index (χ2v) is 8.01. The Kier molecular flexibility index (Phi) is 6.13. The number of benzene rings is 2. The summed E-state index contributed by atoms with van der Waals surface area (Å²) in [5, 5.41) is 9.81. The van der Waals surface area contributed by atoms with Gasteiger partial charge in [0.15, 0.2) is 0 Å². The minimum absolute atomic E-state index is 0.00256. The number of rotatable bonds is 6. The van der Waals surface area contributed by atoms with Crippen LogP contribution in [0.2, 0.25) is 0 Å². The third-order valence-corrected chi connectivity index (χ3v) is 5.40. The molecule has 1 aliphatic rings. The maximum absolute atomic E-state index is 12.7. The molecule has 31 heavy (non-hydrogen) atoms. The van der Waals surface area contributed by atoms with Gasteiger partial charge in [0.25, 0.3) is 0 Å². The number of carbonyl (C=O) groups excluding carboxylic acids is 3. The highest BCUT2D eigenvalue weighted by Crippen LogP contribution is 2.29. The van der Waals surface area contributed by atoms with Crippen molar-refractivity contribution in [2.24, 2.45) is 0 Å². The molecule has 0 bridgehead atoms. The van der Waals surface area contributed by atoms with Gasteiger partial charge in [-0.3, -0.25) is 14.4 Å². The van der Waals surface area contributed by atoms with E-state index >= 15 is 0 Å². The summed E-state index contributed by atoms with van der Waals surface area (Å²) in [5.74, 6) is -0.266. The molecule has 0 radical (unpaired) electrons. The summed E-state index contributed by atoms with van der Waals surface area (Å²) in [7, 11) is 0. The Hall–Kier alpha value is -3.46. The third-order valence-electron chi connectivity index (χ3n) is 4.87. The maximum atomic E-state index is 12.7. The van der Waals surface area contributed by atoms with Crippen molar-refractivity contribution in [3.63, 3.8) is 0 Å². The van der Waals surface area contributed by atoms with E-state index in [1.807, 2.05) is 24.3 Å². The minimum Gasteiger partial charge on any atom is -0.323 e. The van der Waals surface area contributed by atoms with Crippen LogP contribution in [0.1, 0.15) is 18.4 Å². The lowest BCUT2D eigenvalue weighted by atomic mass is 10.1. The van der Waals surface area contributed by atoms with E-state index in [1.165, 1.54) is 4.90 Å². The van der Waals surface area contributed by atoms with Crippen molar-refractivity contribution < 1.29 is 14.4 Å². The molecule has 4 rings (SSSR count). The summed E-state index contributed by atoms with van der Waals surface area (Å²) in [6, 6.07) is 16.7. The van der Waals surface area contributed by atoms with E-state index in [2.05, 4.69) is 31.7 Å². The highest BCUT2D eigenvalue weighted by Gasteiger charge is 2.26. The molecule has 9 heteroatoms. The largest absolute Gasteiger partial charge is 0.323 e. The van der Waals surface area contributed by atoms with Crippen molar-refractivity contribution >= 4 is 50.8 Å². The van der Waals surface area contributed by atoms with E-state index in [1.54, 1.807) is 41.2 Å². The smallest absolute Gasteiger partial charge is 0.244 e. The predicted octanol–water partition coefficient (Wildman–Crippen LogP) is 3.40. The first-order chi connectivity index (χ1) is 15.0. The molecule has 0 saturated carbocycles. The van der Waals surface area contributed by atoms with Gasteiger partial charge in [-0.05, 0) is 29.8 Å². The fourth-order valence-electron chi connectivity index (χ4n) is 3.34. The number of carbonyl (C=O) groups is 3. The first-order valence-corrected chi connectivity index (χ1v) is 10.5. The molecule has 0 spiro atoms. The van der Waals surface area contributed by atoms with Crippen molar-refractivity contribution in [1.29, 1.82) is 0 Å². The van der Waals surface area contributed by atoms with Gasteiger partial charge in [0.2, 0.25) is 17.7 Å². The van der Waals surface area contributed by atoms with E-state index in [4.69, 9.17) is 0 Å². The van der Waals surface area contributed by atoms with Crippen LogP contribution in [-0.2, 0) is 20.9 Å². The molecule has 0 fully saturated rings. The SMILES string of the molecule is O=C1CN(C(=O)CCC(=O)Nc2ccnn2Cc2ccc(Br)cc2)c2ccccc2N1. The monoisotopic (exact) mass is 481 g/mol. The van der Waals surface area contributed by atoms with Crippen LogP contribution in [0.15, 0.2) is 65.3 Å². The Morgan fingerprint density at radius 2 is 1.84 bits per heavy atom. The number of para-hydroxylation sites is 2. The zero-order valence-electron chi connectivity index (χ0n) is 16.5. The van der Waals surface area contributed by atoms with Gasteiger partial charge in [-0.15, -0.1) is 0 Å². The Balaban J connectivity index is 1.35. The molecular weight excluding hydrogens is 462 g/mol. The summed E-state index contributed by atoms with van der Waals surface area (Å²) < 4.78 is 2.68. The van der Waals surface area contributed by atoms with Crippen LogP contribution in [0.3, 0.4) is 0 Å². The van der Waals surface area contributed by atoms with E-state index in [-0.39, 0.29) is 37.1 Å². The number of fused-ring (bicyclic) bond motifs is 1. The van der Waals surface area contributed by atoms with Crippen LogP contribution in [0.25, 0.3) is 0 Å². The first-order valence-electron chi connectivity index (χ1n) is 9.75. The van der Waals surface area contributed by atoms with Gasteiger partial charge in [0.1, 0.15) is 12.4 Å². The number of amides is 3. The van der Waals surface area contributed by atoms with Gasteiger partial charge >= 0.3 is 0 Å². The average molecular weight is 482 g/mol. The number of aromatic nitrogens is 2. The molecule has 2 heterocycles. The molecule has 1 aromatic heterocycles. The lowest BCUT2D eigenvalue weighted by Gasteiger charge is -2.29. The van der Waals surface area contributed by atoms with Crippen molar-refractivity contribution in [2.75, 3.05) is 22.1 Å². The second kappa shape index (κ2) is 9.13. The molecule has 2 aromatic carbocycles. The minimum atomic E-state index is -0.291. The van der Waals surface area contributed by atoms with Gasteiger partial charge in [0.05, 0.1) is 24.1 Å². The molecule has 0 saturated heterocycles. The third kappa shape index (κ3) is 5.00. The van der Waals surface area contributed by atoms with Gasteiger partial charge in [-0.2, -0.15) is 5.10 Å². The molecule has 0 atom stereocenters. The van der Waals surface area contributed by atoms with E-state index in [9.17, 15) is 14.4 Å². The molecule has 3 amide bonds. The van der Waals surface area contributed by atoms with Crippen LogP contribution >= 0.6 is 15.9 Å². The van der Waals surface area contributed by atoms with Gasteiger partial charge in [-0.1, -0.05) is 40.2 Å². The number of nitrogens with zero attached hydrogens (tertiary/aromatic N) is 3. The first kappa shape index (κ1) is 20.8. The predicted molar refractivity (Wildman–Crippen MR) is 121 cm³/mol. The quantitative estimate of drug-likeness (QED) is 0.563. The van der Waals surface area contributed by atoms with Crippen LogP contribution in [0.4, 0.5) is 17.2 Å². The van der Waals surface area contributed by atoms with E-state index in [0.717, 1.165) is 10.0 Å². The lowest BCUT2D eigenvalue weighted by Crippen LogP contribution is -2.42. The Morgan fingerprint density at radius 3 is 2.65 bits per heavy atom. The summed E-state index contributed by atoms with van der Waals surface area (Å²) in [4.78, 5) is 38.5. The highest BCUT2D eigenvalue weighted by molar-refractivity contribution is 9.10. The van der Waals surface area contributed by atoms with Crippen molar-refractivity contribution in [3.8, 4) is 0 Å². The number of anilines is 3. The molecule has 158 valence electrons. The molecule has 8 nitrogen and oxygen atoms in total. The van der Waals surface area contributed by atoms with Crippen LogP contribution in [0, 0.1) is 0 Å². The topological polar surface area (TPSA) is 96.3 Å². The number of hydrogen-bond donors (Lipinski definition) is 2. The van der Waals surface area contributed by atoms with E-state index < -0.39 is 0 Å². The summed E-state index contributed by atoms with van der Waals surface area (Å²) in [6.45, 7) is 0.450. The second-order valence-electron chi connectivity index (χ2n) is 7.09. The van der Waals surface area contributed by atoms with Gasteiger partial charge in [-0.25, -0.2) is 4.68 Å². The van der Waals surface area contributed by atoms with Crippen LogP contribution in [0.5, 0.6) is 0 Å². The zero-order valence-corrected chi connectivity index (χ0v) is 18.1. The van der Waals surface area contributed by atoms with Crippen LogP contribution in [-0.4, -0.2) is 34.0 Å².